The Hall–Kier alpha value is -1.11. The topological polar surface area (TPSA) is 92.4 Å². The molecule has 108 valence electrons. The maximum atomic E-state index is 12.4. The molecule has 0 aliphatic rings. The molecule has 19 heavy (non-hydrogen) atoms. The minimum atomic E-state index is -3.67. The van der Waals surface area contributed by atoms with E-state index in [0.29, 0.717) is 23.2 Å². The molecule has 0 bridgehead atoms. The lowest BCUT2D eigenvalue weighted by Crippen LogP contribution is -2.37. The van der Waals surface area contributed by atoms with Gasteiger partial charge in [-0.2, -0.15) is 0 Å². The van der Waals surface area contributed by atoms with E-state index in [-0.39, 0.29) is 11.5 Å². The molecular formula is C13H22N2O3S. The van der Waals surface area contributed by atoms with Crippen LogP contribution in [-0.4, -0.2) is 26.2 Å². The second kappa shape index (κ2) is 5.90. The number of sulfonamides is 1. The lowest BCUT2D eigenvalue weighted by Gasteiger charge is -2.19. The van der Waals surface area contributed by atoms with Gasteiger partial charge < -0.3 is 10.8 Å². The lowest BCUT2D eigenvalue weighted by atomic mass is 10.1. The van der Waals surface area contributed by atoms with E-state index in [1.807, 2.05) is 13.8 Å². The van der Waals surface area contributed by atoms with Crippen LogP contribution < -0.4 is 10.5 Å². The number of hydrogen-bond donors (Lipinski definition) is 3. The van der Waals surface area contributed by atoms with Gasteiger partial charge in [0.1, 0.15) is 0 Å². The van der Waals surface area contributed by atoms with Crippen LogP contribution in [0.5, 0.6) is 0 Å². The minimum Gasteiger partial charge on any atom is -0.398 e. The third-order valence-corrected chi connectivity index (χ3v) is 5.07. The predicted molar refractivity (Wildman–Crippen MR) is 76.6 cm³/mol. The standard InChI is InChI=1S/C13H22N2O3S/c1-5-11(7-16)15-19(17,18)13-9(3)6-8(2)12(14)10(13)4/h6,11,15-16H,5,7,14H2,1-4H3/t11-/m1/s1. The second-order valence-electron chi connectivity index (χ2n) is 4.79. The molecule has 4 N–H and O–H groups in total. The highest BCUT2D eigenvalue weighted by Crippen LogP contribution is 2.28. The quantitative estimate of drug-likeness (QED) is 0.710. The molecule has 0 fully saturated rings. The number of hydrogen-bond acceptors (Lipinski definition) is 4. The van der Waals surface area contributed by atoms with Crippen LogP contribution in [0, 0.1) is 20.8 Å². The van der Waals surface area contributed by atoms with Crippen molar-refractivity contribution in [3.8, 4) is 0 Å². The average Bonchev–Trinajstić information content (AvgIpc) is 2.32. The maximum Gasteiger partial charge on any atom is 0.241 e. The van der Waals surface area contributed by atoms with Crippen LogP contribution >= 0.6 is 0 Å². The maximum absolute atomic E-state index is 12.4. The van der Waals surface area contributed by atoms with Gasteiger partial charge in [0.25, 0.3) is 0 Å². The molecular weight excluding hydrogens is 264 g/mol. The van der Waals surface area contributed by atoms with Crippen molar-refractivity contribution >= 4 is 15.7 Å². The first-order chi connectivity index (χ1) is 8.74. The van der Waals surface area contributed by atoms with Gasteiger partial charge in [-0.15, -0.1) is 0 Å². The number of anilines is 1. The Morgan fingerprint density at radius 1 is 1.32 bits per heavy atom. The first-order valence-corrected chi connectivity index (χ1v) is 7.72. The van der Waals surface area contributed by atoms with Crippen LogP contribution in [0.3, 0.4) is 0 Å². The molecule has 5 nitrogen and oxygen atoms in total. The Balaban J connectivity index is 3.34. The van der Waals surface area contributed by atoms with E-state index in [9.17, 15) is 8.42 Å². The van der Waals surface area contributed by atoms with Crippen LogP contribution in [0.4, 0.5) is 5.69 Å². The SMILES string of the molecule is CC[C@H](CO)NS(=O)(=O)c1c(C)cc(C)c(N)c1C. The molecule has 0 saturated carbocycles. The van der Waals surface area contributed by atoms with E-state index < -0.39 is 16.1 Å². The number of aliphatic hydroxyl groups excluding tert-OH is 1. The van der Waals surface area contributed by atoms with Crippen molar-refractivity contribution in [3.63, 3.8) is 0 Å². The van der Waals surface area contributed by atoms with Crippen molar-refractivity contribution in [2.24, 2.45) is 0 Å². The summed E-state index contributed by atoms with van der Waals surface area (Å²) in [4.78, 5) is 0.211. The molecule has 1 aromatic rings. The zero-order valence-electron chi connectivity index (χ0n) is 11.8. The molecule has 0 spiro atoms. The largest absolute Gasteiger partial charge is 0.398 e. The molecule has 1 atom stereocenters. The number of aliphatic hydroxyl groups is 1. The summed E-state index contributed by atoms with van der Waals surface area (Å²) < 4.78 is 27.3. The third-order valence-electron chi connectivity index (χ3n) is 3.26. The fourth-order valence-electron chi connectivity index (χ4n) is 2.12. The number of nitrogen functional groups attached to an aromatic ring is 1. The number of rotatable bonds is 5. The fourth-order valence-corrected chi connectivity index (χ4v) is 3.92. The second-order valence-corrected chi connectivity index (χ2v) is 6.44. The third kappa shape index (κ3) is 3.26. The van der Waals surface area contributed by atoms with Crippen LogP contribution in [0.25, 0.3) is 0 Å². The van der Waals surface area contributed by atoms with E-state index in [0.717, 1.165) is 5.56 Å². The van der Waals surface area contributed by atoms with Crippen LogP contribution in [-0.2, 0) is 10.0 Å². The zero-order valence-corrected chi connectivity index (χ0v) is 12.6. The lowest BCUT2D eigenvalue weighted by molar-refractivity contribution is 0.254. The van der Waals surface area contributed by atoms with Gasteiger partial charge in [0.2, 0.25) is 10.0 Å². The Morgan fingerprint density at radius 2 is 1.89 bits per heavy atom. The van der Waals surface area contributed by atoms with Gasteiger partial charge in [-0.25, -0.2) is 13.1 Å². The Labute approximate surface area is 114 Å². The smallest absolute Gasteiger partial charge is 0.241 e. The van der Waals surface area contributed by atoms with Crippen molar-refractivity contribution in [2.75, 3.05) is 12.3 Å². The summed E-state index contributed by atoms with van der Waals surface area (Å²) in [5.41, 5.74) is 8.47. The number of benzene rings is 1. The van der Waals surface area contributed by atoms with Gasteiger partial charge in [-0.1, -0.05) is 13.0 Å². The van der Waals surface area contributed by atoms with E-state index in [1.54, 1.807) is 19.9 Å². The molecule has 1 aromatic carbocycles. The fraction of sp³-hybridized carbons (Fsp3) is 0.538. The van der Waals surface area contributed by atoms with Gasteiger partial charge >= 0.3 is 0 Å². The summed E-state index contributed by atoms with van der Waals surface area (Å²) in [6, 6.07) is 1.28. The molecule has 0 aliphatic carbocycles. The molecule has 0 aromatic heterocycles. The molecule has 0 heterocycles. The average molecular weight is 286 g/mol. The minimum absolute atomic E-state index is 0.211. The van der Waals surface area contributed by atoms with E-state index >= 15 is 0 Å². The van der Waals surface area contributed by atoms with Crippen LogP contribution in [0.2, 0.25) is 0 Å². The van der Waals surface area contributed by atoms with Crippen molar-refractivity contribution in [1.82, 2.24) is 4.72 Å². The summed E-state index contributed by atoms with van der Waals surface area (Å²) in [5.74, 6) is 0. The van der Waals surface area contributed by atoms with E-state index in [1.165, 1.54) is 0 Å². The van der Waals surface area contributed by atoms with Crippen molar-refractivity contribution < 1.29 is 13.5 Å². The number of nitrogens with two attached hydrogens (primary N) is 1. The van der Waals surface area contributed by atoms with E-state index in [4.69, 9.17) is 10.8 Å². The van der Waals surface area contributed by atoms with Gasteiger partial charge in [0.15, 0.2) is 0 Å². The summed E-state index contributed by atoms with van der Waals surface area (Å²) in [7, 11) is -3.67. The Morgan fingerprint density at radius 3 is 2.37 bits per heavy atom. The zero-order chi connectivity index (χ0) is 14.8. The molecule has 6 heteroatoms. The Kier molecular flexibility index (Phi) is 4.95. The van der Waals surface area contributed by atoms with Gasteiger partial charge in [-0.3, -0.25) is 0 Å². The normalized spacial score (nSPS) is 13.5. The highest BCUT2D eigenvalue weighted by atomic mass is 32.2. The molecule has 1 rings (SSSR count). The number of nitrogens with one attached hydrogen (secondary N) is 1. The van der Waals surface area contributed by atoms with Gasteiger partial charge in [-0.05, 0) is 43.9 Å². The summed E-state index contributed by atoms with van der Waals surface area (Å²) >= 11 is 0. The number of aryl methyl sites for hydroxylation is 2. The van der Waals surface area contributed by atoms with Gasteiger partial charge in [0, 0.05) is 11.7 Å². The van der Waals surface area contributed by atoms with Gasteiger partial charge in [0.05, 0.1) is 11.5 Å². The summed E-state index contributed by atoms with van der Waals surface area (Å²) in [5, 5.41) is 9.12. The van der Waals surface area contributed by atoms with Crippen molar-refractivity contribution in [2.45, 2.75) is 45.1 Å². The predicted octanol–water partition coefficient (Wildman–Crippen LogP) is 1.24. The molecule has 0 saturated heterocycles. The molecule has 0 radical (unpaired) electrons. The molecule has 0 aliphatic heterocycles. The van der Waals surface area contributed by atoms with Crippen LogP contribution in [0.15, 0.2) is 11.0 Å². The first kappa shape index (κ1) is 15.9. The first-order valence-electron chi connectivity index (χ1n) is 6.24. The van der Waals surface area contributed by atoms with E-state index in [2.05, 4.69) is 4.72 Å². The van der Waals surface area contributed by atoms with Crippen LogP contribution in [0.1, 0.15) is 30.0 Å². The summed E-state index contributed by atoms with van der Waals surface area (Å²) in [6.07, 6.45) is 0.523. The highest BCUT2D eigenvalue weighted by molar-refractivity contribution is 7.89. The highest BCUT2D eigenvalue weighted by Gasteiger charge is 2.24. The molecule has 0 amide bonds. The molecule has 0 unspecified atom stereocenters. The summed E-state index contributed by atoms with van der Waals surface area (Å²) in [6.45, 7) is 6.88. The Bertz CT molecular complexity index is 564. The van der Waals surface area contributed by atoms with Crippen molar-refractivity contribution in [3.05, 3.63) is 22.8 Å². The monoisotopic (exact) mass is 286 g/mol. The van der Waals surface area contributed by atoms with Crippen molar-refractivity contribution in [1.29, 1.82) is 0 Å².